The fraction of sp³-hybridized carbons (Fsp3) is 0.167. The molecule has 0 aliphatic carbocycles. The lowest BCUT2D eigenvalue weighted by Gasteiger charge is -2.08. The summed E-state index contributed by atoms with van der Waals surface area (Å²) in [5.41, 5.74) is 1.41. The van der Waals surface area contributed by atoms with Crippen molar-refractivity contribution in [2.24, 2.45) is 0 Å². The Bertz CT molecular complexity index is 929. The Balaban J connectivity index is 1.73. The summed E-state index contributed by atoms with van der Waals surface area (Å²) in [6, 6.07) is 5.40. The van der Waals surface area contributed by atoms with Crippen molar-refractivity contribution in [1.82, 2.24) is 0 Å². The van der Waals surface area contributed by atoms with Crippen LogP contribution in [-0.4, -0.2) is 31.1 Å². The first kappa shape index (κ1) is 19.3. The lowest BCUT2D eigenvalue weighted by Crippen LogP contribution is -2.21. The highest BCUT2D eigenvalue weighted by atomic mass is 32.1. The van der Waals surface area contributed by atoms with Gasteiger partial charge in [0.1, 0.15) is 10.6 Å². The number of thiophene rings is 3. The van der Waals surface area contributed by atoms with Crippen LogP contribution in [0.3, 0.4) is 0 Å². The number of carbonyl (C=O) groups is 3. The topological polar surface area (TPSA) is 81.7 Å². The first-order chi connectivity index (χ1) is 13.1. The maximum atomic E-state index is 12.4. The van der Waals surface area contributed by atoms with E-state index in [9.17, 15) is 14.4 Å². The van der Waals surface area contributed by atoms with Crippen LogP contribution in [0.4, 0.5) is 5.00 Å². The molecule has 0 aliphatic rings. The normalized spacial score (nSPS) is 10.4. The molecule has 0 aromatic carbocycles. The van der Waals surface area contributed by atoms with Gasteiger partial charge in [-0.3, -0.25) is 4.79 Å². The molecular formula is C18H15NO5S3. The molecule has 0 aliphatic heterocycles. The number of ether oxygens (including phenoxy) is 2. The van der Waals surface area contributed by atoms with E-state index in [0.29, 0.717) is 21.7 Å². The van der Waals surface area contributed by atoms with E-state index in [0.717, 1.165) is 4.88 Å². The van der Waals surface area contributed by atoms with Crippen LogP contribution in [0, 0.1) is 0 Å². The van der Waals surface area contributed by atoms with Gasteiger partial charge in [0.05, 0.1) is 12.2 Å². The second kappa shape index (κ2) is 8.94. The van der Waals surface area contributed by atoms with Crippen LogP contribution in [0.5, 0.6) is 0 Å². The van der Waals surface area contributed by atoms with Gasteiger partial charge in [-0.1, -0.05) is 6.07 Å². The Morgan fingerprint density at radius 2 is 1.89 bits per heavy atom. The van der Waals surface area contributed by atoms with Crippen LogP contribution in [0.1, 0.15) is 27.6 Å². The SMILES string of the molecule is CCOC(=O)c1c(-c2cccs2)csc1NC(=O)COC(=O)c1ccsc1. The molecule has 0 bridgehead atoms. The number of anilines is 1. The number of amides is 1. The van der Waals surface area contributed by atoms with E-state index in [1.54, 1.807) is 29.1 Å². The van der Waals surface area contributed by atoms with Crippen molar-refractivity contribution in [1.29, 1.82) is 0 Å². The maximum Gasteiger partial charge on any atom is 0.341 e. The molecule has 1 amide bonds. The van der Waals surface area contributed by atoms with Crippen LogP contribution in [0.15, 0.2) is 39.7 Å². The standard InChI is InChI=1S/C18H15NO5S3/c1-2-23-18(22)15-12(13-4-3-6-26-13)10-27-16(15)19-14(20)8-24-17(21)11-5-7-25-9-11/h3-7,9-10H,2,8H2,1H3,(H,19,20). The van der Waals surface area contributed by atoms with Crippen LogP contribution in [-0.2, 0) is 14.3 Å². The van der Waals surface area contributed by atoms with Gasteiger partial charge in [0.25, 0.3) is 5.91 Å². The zero-order chi connectivity index (χ0) is 19.2. The van der Waals surface area contributed by atoms with E-state index in [-0.39, 0.29) is 6.61 Å². The molecule has 1 N–H and O–H groups in total. The molecule has 3 aromatic rings. The van der Waals surface area contributed by atoms with Gasteiger partial charge in [0.2, 0.25) is 0 Å². The lowest BCUT2D eigenvalue weighted by atomic mass is 10.1. The molecule has 3 rings (SSSR count). The Morgan fingerprint density at radius 3 is 2.56 bits per heavy atom. The third-order valence-electron chi connectivity index (χ3n) is 3.40. The quantitative estimate of drug-likeness (QED) is 0.568. The summed E-state index contributed by atoms with van der Waals surface area (Å²) in [6.07, 6.45) is 0. The van der Waals surface area contributed by atoms with E-state index >= 15 is 0 Å². The fourth-order valence-electron chi connectivity index (χ4n) is 2.23. The molecule has 0 saturated heterocycles. The third kappa shape index (κ3) is 4.62. The highest BCUT2D eigenvalue weighted by Crippen LogP contribution is 2.38. The van der Waals surface area contributed by atoms with E-state index in [1.807, 2.05) is 17.5 Å². The molecule has 27 heavy (non-hydrogen) atoms. The van der Waals surface area contributed by atoms with Crippen molar-refractivity contribution >= 4 is 56.9 Å². The molecule has 6 nitrogen and oxygen atoms in total. The molecule has 9 heteroatoms. The maximum absolute atomic E-state index is 12.4. The molecule has 0 spiro atoms. The highest BCUT2D eigenvalue weighted by molar-refractivity contribution is 7.17. The lowest BCUT2D eigenvalue weighted by molar-refractivity contribution is -0.119. The first-order valence-electron chi connectivity index (χ1n) is 7.91. The number of nitrogens with one attached hydrogen (secondary N) is 1. The minimum Gasteiger partial charge on any atom is -0.462 e. The van der Waals surface area contributed by atoms with Gasteiger partial charge in [0, 0.05) is 21.2 Å². The van der Waals surface area contributed by atoms with Crippen molar-refractivity contribution in [3.05, 3.63) is 50.8 Å². The minimum absolute atomic E-state index is 0.226. The van der Waals surface area contributed by atoms with Gasteiger partial charge >= 0.3 is 11.9 Å². The van der Waals surface area contributed by atoms with Gasteiger partial charge in [-0.15, -0.1) is 22.7 Å². The average Bonchev–Trinajstić information content (AvgIpc) is 3.40. The number of hydrogen-bond donors (Lipinski definition) is 1. The summed E-state index contributed by atoms with van der Waals surface area (Å²) >= 11 is 4.08. The number of rotatable bonds is 7. The second-order valence-electron chi connectivity index (χ2n) is 5.19. The van der Waals surface area contributed by atoms with E-state index in [1.165, 1.54) is 34.0 Å². The first-order valence-corrected chi connectivity index (χ1v) is 10.6. The largest absolute Gasteiger partial charge is 0.462 e. The molecule has 3 heterocycles. The van der Waals surface area contributed by atoms with Crippen LogP contribution in [0.2, 0.25) is 0 Å². The molecule has 0 radical (unpaired) electrons. The molecular weight excluding hydrogens is 406 g/mol. The molecule has 0 fully saturated rings. The van der Waals surface area contributed by atoms with Gasteiger partial charge in [-0.25, -0.2) is 9.59 Å². The van der Waals surface area contributed by atoms with Crippen molar-refractivity contribution in [2.45, 2.75) is 6.92 Å². The van der Waals surface area contributed by atoms with E-state index in [2.05, 4.69) is 5.32 Å². The molecule has 3 aromatic heterocycles. The van der Waals surface area contributed by atoms with Crippen LogP contribution < -0.4 is 5.32 Å². The van der Waals surface area contributed by atoms with Crippen molar-refractivity contribution in [3.8, 4) is 10.4 Å². The fourth-order valence-corrected chi connectivity index (χ4v) is 4.64. The van der Waals surface area contributed by atoms with Crippen molar-refractivity contribution in [3.63, 3.8) is 0 Å². The van der Waals surface area contributed by atoms with Crippen LogP contribution >= 0.6 is 34.0 Å². The monoisotopic (exact) mass is 421 g/mol. The Kier molecular flexibility index (Phi) is 6.38. The number of esters is 2. The van der Waals surface area contributed by atoms with Gasteiger partial charge < -0.3 is 14.8 Å². The zero-order valence-corrected chi connectivity index (χ0v) is 16.7. The summed E-state index contributed by atoms with van der Waals surface area (Å²) in [7, 11) is 0. The van der Waals surface area contributed by atoms with E-state index < -0.39 is 24.5 Å². The van der Waals surface area contributed by atoms with Gasteiger partial charge in [-0.2, -0.15) is 11.3 Å². The Labute approximate surface area is 167 Å². The molecule has 0 saturated carbocycles. The molecule has 0 atom stereocenters. The number of hydrogen-bond acceptors (Lipinski definition) is 8. The van der Waals surface area contributed by atoms with Crippen molar-refractivity contribution < 1.29 is 23.9 Å². The number of carbonyl (C=O) groups excluding carboxylic acids is 3. The van der Waals surface area contributed by atoms with Crippen molar-refractivity contribution in [2.75, 3.05) is 18.5 Å². The van der Waals surface area contributed by atoms with Gasteiger partial charge in [0.15, 0.2) is 6.61 Å². The highest BCUT2D eigenvalue weighted by Gasteiger charge is 2.23. The smallest absolute Gasteiger partial charge is 0.341 e. The van der Waals surface area contributed by atoms with Crippen LogP contribution in [0.25, 0.3) is 10.4 Å². The zero-order valence-electron chi connectivity index (χ0n) is 14.2. The summed E-state index contributed by atoms with van der Waals surface area (Å²) < 4.78 is 10.1. The predicted molar refractivity (Wildman–Crippen MR) is 107 cm³/mol. The third-order valence-corrected chi connectivity index (χ3v) is 5.88. The molecule has 0 unspecified atom stereocenters. The predicted octanol–water partition coefficient (Wildman–Crippen LogP) is 4.51. The summed E-state index contributed by atoms with van der Waals surface area (Å²) in [5.74, 6) is -1.60. The summed E-state index contributed by atoms with van der Waals surface area (Å²) in [6.45, 7) is 1.50. The second-order valence-corrected chi connectivity index (χ2v) is 7.79. The van der Waals surface area contributed by atoms with Gasteiger partial charge in [-0.05, 0) is 29.8 Å². The minimum atomic E-state index is -0.567. The summed E-state index contributed by atoms with van der Waals surface area (Å²) in [4.78, 5) is 37.3. The average molecular weight is 422 g/mol. The molecule has 140 valence electrons. The van der Waals surface area contributed by atoms with E-state index in [4.69, 9.17) is 9.47 Å². The Hall–Kier alpha value is -2.49. The Morgan fingerprint density at radius 1 is 1.04 bits per heavy atom. The summed E-state index contributed by atoms with van der Waals surface area (Å²) in [5, 5.41) is 10.1.